The molecular weight excluding hydrogens is 164 g/mol. The van der Waals surface area contributed by atoms with E-state index in [1.165, 1.54) is 0 Å². The number of anilines is 1. The van der Waals surface area contributed by atoms with Crippen LogP contribution < -0.4 is 5.32 Å². The Kier molecular flexibility index (Phi) is 4.26. The smallest absolute Gasteiger partial charge is 0.0450 e. The highest BCUT2D eigenvalue weighted by Crippen LogP contribution is 2.09. The van der Waals surface area contributed by atoms with Gasteiger partial charge in [-0.05, 0) is 25.0 Å². The molecule has 3 nitrogen and oxygen atoms in total. The monoisotopic (exact) mass is 180 g/mol. The fourth-order valence-electron chi connectivity index (χ4n) is 1.22. The molecule has 0 amide bonds. The van der Waals surface area contributed by atoms with Crippen LogP contribution in [0.2, 0.25) is 0 Å². The maximum Gasteiger partial charge on any atom is 0.0450 e. The quantitative estimate of drug-likeness (QED) is 0.724. The van der Waals surface area contributed by atoms with Gasteiger partial charge in [0.05, 0.1) is 0 Å². The molecule has 1 unspecified atom stereocenters. The molecule has 0 radical (unpaired) electrons. The number of rotatable bonds is 5. The van der Waals surface area contributed by atoms with Crippen LogP contribution in [0.3, 0.4) is 0 Å². The van der Waals surface area contributed by atoms with Crippen LogP contribution >= 0.6 is 0 Å². The third-order valence-electron chi connectivity index (χ3n) is 2.02. The zero-order chi connectivity index (χ0) is 9.52. The zero-order valence-corrected chi connectivity index (χ0v) is 7.90. The van der Waals surface area contributed by atoms with Crippen molar-refractivity contribution in [3.63, 3.8) is 0 Å². The number of pyridine rings is 1. The van der Waals surface area contributed by atoms with E-state index in [4.69, 9.17) is 5.11 Å². The summed E-state index contributed by atoms with van der Waals surface area (Å²) in [5.41, 5.74) is 1.07. The lowest BCUT2D eigenvalue weighted by Gasteiger charge is -2.16. The minimum Gasteiger partial charge on any atom is -0.396 e. The van der Waals surface area contributed by atoms with Crippen molar-refractivity contribution in [2.75, 3.05) is 11.9 Å². The van der Waals surface area contributed by atoms with Crippen LogP contribution in [0.1, 0.15) is 19.8 Å². The highest BCUT2D eigenvalue weighted by Gasteiger charge is 2.03. The number of nitrogens with zero attached hydrogens (tertiary/aromatic N) is 1. The number of aliphatic hydroxyl groups excluding tert-OH is 1. The standard InChI is InChI=1S/C10H16N2O/c1-2-9(5-8-13)12-10-3-6-11-7-4-10/h3-4,6-7,9,13H,2,5,8H2,1H3,(H,11,12). The van der Waals surface area contributed by atoms with Gasteiger partial charge in [0, 0.05) is 30.7 Å². The molecular formula is C10H16N2O. The molecule has 1 atom stereocenters. The minimum atomic E-state index is 0.233. The molecule has 0 aliphatic carbocycles. The molecule has 1 rings (SSSR count). The van der Waals surface area contributed by atoms with Crippen molar-refractivity contribution in [1.29, 1.82) is 0 Å². The van der Waals surface area contributed by atoms with Crippen LogP contribution in [0.15, 0.2) is 24.5 Å². The molecule has 0 saturated carbocycles. The summed E-state index contributed by atoms with van der Waals surface area (Å²) in [4.78, 5) is 3.94. The van der Waals surface area contributed by atoms with Crippen molar-refractivity contribution >= 4 is 5.69 Å². The summed E-state index contributed by atoms with van der Waals surface area (Å²) in [6.45, 7) is 2.34. The van der Waals surface area contributed by atoms with Crippen LogP contribution in [-0.4, -0.2) is 22.7 Å². The van der Waals surface area contributed by atoms with Crippen LogP contribution in [-0.2, 0) is 0 Å². The summed E-state index contributed by atoms with van der Waals surface area (Å²) in [5, 5.41) is 12.1. The Hall–Kier alpha value is -1.09. The van der Waals surface area contributed by atoms with Crippen LogP contribution in [0, 0.1) is 0 Å². The summed E-state index contributed by atoms with van der Waals surface area (Å²) < 4.78 is 0. The predicted octanol–water partition coefficient (Wildman–Crippen LogP) is 1.65. The Balaban J connectivity index is 2.46. The SMILES string of the molecule is CCC(CCO)Nc1ccncc1. The highest BCUT2D eigenvalue weighted by atomic mass is 16.3. The first-order valence-electron chi connectivity index (χ1n) is 4.64. The van der Waals surface area contributed by atoms with Crippen molar-refractivity contribution < 1.29 is 5.11 Å². The lowest BCUT2D eigenvalue weighted by atomic mass is 10.1. The molecule has 0 aliphatic heterocycles. The fourth-order valence-corrected chi connectivity index (χ4v) is 1.22. The van der Waals surface area contributed by atoms with Gasteiger partial charge in [0.1, 0.15) is 0 Å². The Labute approximate surface area is 78.8 Å². The number of aromatic nitrogens is 1. The first-order chi connectivity index (χ1) is 6.36. The molecule has 13 heavy (non-hydrogen) atoms. The van der Waals surface area contributed by atoms with Crippen LogP contribution in [0.5, 0.6) is 0 Å². The fraction of sp³-hybridized carbons (Fsp3) is 0.500. The normalized spacial score (nSPS) is 12.5. The molecule has 72 valence electrons. The van der Waals surface area contributed by atoms with Gasteiger partial charge in [0.2, 0.25) is 0 Å². The average molecular weight is 180 g/mol. The minimum absolute atomic E-state index is 0.233. The number of hydrogen-bond donors (Lipinski definition) is 2. The number of hydrogen-bond acceptors (Lipinski definition) is 3. The Morgan fingerprint density at radius 2 is 2.15 bits per heavy atom. The molecule has 1 aromatic rings. The van der Waals surface area contributed by atoms with E-state index < -0.39 is 0 Å². The molecule has 3 heteroatoms. The van der Waals surface area contributed by atoms with Gasteiger partial charge in [-0.2, -0.15) is 0 Å². The van der Waals surface area contributed by atoms with Gasteiger partial charge in [-0.15, -0.1) is 0 Å². The summed E-state index contributed by atoms with van der Waals surface area (Å²) in [6, 6.07) is 4.22. The van der Waals surface area contributed by atoms with Gasteiger partial charge >= 0.3 is 0 Å². The van der Waals surface area contributed by atoms with E-state index in [1.54, 1.807) is 12.4 Å². The van der Waals surface area contributed by atoms with E-state index in [1.807, 2.05) is 12.1 Å². The Morgan fingerprint density at radius 1 is 1.46 bits per heavy atom. The topological polar surface area (TPSA) is 45.1 Å². The summed E-state index contributed by atoms with van der Waals surface area (Å²) in [6.07, 6.45) is 5.32. The second-order valence-electron chi connectivity index (χ2n) is 3.00. The van der Waals surface area contributed by atoms with Gasteiger partial charge in [0.15, 0.2) is 0 Å². The van der Waals surface area contributed by atoms with Crippen molar-refractivity contribution in [3.8, 4) is 0 Å². The average Bonchev–Trinajstić information content (AvgIpc) is 2.19. The first-order valence-corrected chi connectivity index (χ1v) is 4.64. The Bertz CT molecular complexity index is 226. The molecule has 1 aromatic heterocycles. The lowest BCUT2D eigenvalue weighted by Crippen LogP contribution is -2.19. The molecule has 0 aromatic carbocycles. The van der Waals surface area contributed by atoms with Crippen molar-refractivity contribution in [1.82, 2.24) is 4.98 Å². The summed E-state index contributed by atoms with van der Waals surface area (Å²) in [5.74, 6) is 0. The third-order valence-corrected chi connectivity index (χ3v) is 2.02. The molecule has 0 aliphatic rings. The maximum absolute atomic E-state index is 8.79. The van der Waals surface area contributed by atoms with Crippen LogP contribution in [0.4, 0.5) is 5.69 Å². The largest absolute Gasteiger partial charge is 0.396 e. The number of nitrogens with one attached hydrogen (secondary N) is 1. The van der Waals surface area contributed by atoms with E-state index in [9.17, 15) is 0 Å². The van der Waals surface area contributed by atoms with Gasteiger partial charge < -0.3 is 10.4 Å². The molecule has 0 spiro atoms. The van der Waals surface area contributed by atoms with Gasteiger partial charge in [0.25, 0.3) is 0 Å². The first kappa shape index (κ1) is 9.99. The molecule has 0 saturated heterocycles. The maximum atomic E-state index is 8.79. The van der Waals surface area contributed by atoms with Crippen LogP contribution in [0.25, 0.3) is 0 Å². The van der Waals surface area contributed by atoms with E-state index in [2.05, 4.69) is 17.2 Å². The molecule has 0 bridgehead atoms. The van der Waals surface area contributed by atoms with E-state index in [0.29, 0.717) is 6.04 Å². The summed E-state index contributed by atoms with van der Waals surface area (Å²) >= 11 is 0. The molecule has 0 fully saturated rings. The molecule has 1 heterocycles. The number of aliphatic hydroxyl groups is 1. The van der Waals surface area contributed by atoms with Gasteiger partial charge in [-0.25, -0.2) is 0 Å². The third kappa shape index (κ3) is 3.42. The van der Waals surface area contributed by atoms with E-state index in [-0.39, 0.29) is 6.61 Å². The second kappa shape index (κ2) is 5.54. The predicted molar refractivity (Wildman–Crippen MR) is 53.6 cm³/mol. The van der Waals surface area contributed by atoms with Crippen molar-refractivity contribution in [3.05, 3.63) is 24.5 Å². The lowest BCUT2D eigenvalue weighted by molar-refractivity contribution is 0.278. The van der Waals surface area contributed by atoms with E-state index >= 15 is 0 Å². The highest BCUT2D eigenvalue weighted by molar-refractivity contribution is 5.41. The Morgan fingerprint density at radius 3 is 2.69 bits per heavy atom. The van der Waals surface area contributed by atoms with E-state index in [0.717, 1.165) is 18.5 Å². The summed E-state index contributed by atoms with van der Waals surface area (Å²) in [7, 11) is 0. The van der Waals surface area contributed by atoms with Gasteiger partial charge in [-0.3, -0.25) is 4.98 Å². The zero-order valence-electron chi connectivity index (χ0n) is 7.90. The van der Waals surface area contributed by atoms with Gasteiger partial charge in [-0.1, -0.05) is 6.92 Å². The second-order valence-corrected chi connectivity index (χ2v) is 3.00. The van der Waals surface area contributed by atoms with Crippen molar-refractivity contribution in [2.45, 2.75) is 25.8 Å². The molecule has 2 N–H and O–H groups in total. The van der Waals surface area contributed by atoms with Crippen molar-refractivity contribution in [2.24, 2.45) is 0 Å².